The summed E-state index contributed by atoms with van der Waals surface area (Å²) in [5, 5.41) is 3.45. The predicted molar refractivity (Wildman–Crippen MR) is 137 cm³/mol. The lowest BCUT2D eigenvalue weighted by atomic mass is 9.42. The van der Waals surface area contributed by atoms with Crippen LogP contribution >= 0.6 is 11.6 Å². The zero-order chi connectivity index (χ0) is 24.2. The van der Waals surface area contributed by atoms with Crippen molar-refractivity contribution >= 4 is 29.2 Å². The molecule has 2 amide bonds. The van der Waals surface area contributed by atoms with Crippen molar-refractivity contribution in [3.8, 4) is 0 Å². The Hall–Kier alpha value is -2.40. The molecular weight excluding hydrogens is 458 g/mol. The van der Waals surface area contributed by atoms with Crippen molar-refractivity contribution in [1.82, 2.24) is 9.88 Å². The lowest BCUT2D eigenvalue weighted by Crippen LogP contribution is -2.60. The number of aromatic nitrogens is 1. The summed E-state index contributed by atoms with van der Waals surface area (Å²) in [5.74, 6) is 2.11. The number of anilines is 1. The Bertz CT molecular complexity index is 1110. The third kappa shape index (κ3) is 4.16. The standard InChI is InChI=1S/C29H34ClN3O2/c1-19-2-4-23(5-3-19)28-13-20-12-21(14-28)16-29(15-20,18-28)27(35)33-10-8-22(9-11-33)26(34)32-25-7-6-24(30)17-31-25/h2-7,17,20-22H,8-16,18H2,1H3,(H,31,32,34). The van der Waals surface area contributed by atoms with Gasteiger partial charge in [0.15, 0.2) is 0 Å². The van der Waals surface area contributed by atoms with Crippen molar-refractivity contribution in [3.05, 3.63) is 58.7 Å². The number of amides is 2. The number of piperidine rings is 1. The molecule has 1 aliphatic heterocycles. The van der Waals surface area contributed by atoms with Crippen molar-refractivity contribution in [2.45, 2.75) is 63.7 Å². The molecular formula is C29H34ClN3O2. The monoisotopic (exact) mass is 491 g/mol. The number of nitrogens with zero attached hydrogens (tertiary/aromatic N) is 2. The van der Waals surface area contributed by atoms with Gasteiger partial charge >= 0.3 is 0 Å². The zero-order valence-corrected chi connectivity index (χ0v) is 21.2. The largest absolute Gasteiger partial charge is 0.342 e. The van der Waals surface area contributed by atoms with E-state index in [2.05, 4.69) is 46.4 Å². The quantitative estimate of drug-likeness (QED) is 0.591. The Morgan fingerprint density at radius 3 is 2.31 bits per heavy atom. The molecule has 1 N–H and O–H groups in total. The predicted octanol–water partition coefficient (Wildman–Crippen LogP) is 5.76. The van der Waals surface area contributed by atoms with Gasteiger partial charge in [-0.3, -0.25) is 9.59 Å². The van der Waals surface area contributed by atoms with Crippen LogP contribution in [0.2, 0.25) is 5.02 Å². The minimum atomic E-state index is -0.211. The third-order valence-electron chi connectivity index (χ3n) is 9.31. The van der Waals surface area contributed by atoms with Crippen LogP contribution in [0.25, 0.3) is 0 Å². The lowest BCUT2D eigenvalue weighted by Gasteiger charge is -2.62. The molecule has 2 atom stereocenters. The van der Waals surface area contributed by atoms with Crippen LogP contribution in [0.4, 0.5) is 5.82 Å². The highest BCUT2D eigenvalue weighted by atomic mass is 35.5. The average molecular weight is 492 g/mol. The molecule has 5 aliphatic rings. The first-order valence-electron chi connectivity index (χ1n) is 13.1. The van der Waals surface area contributed by atoms with E-state index in [9.17, 15) is 9.59 Å². The van der Waals surface area contributed by atoms with Gasteiger partial charge in [-0.15, -0.1) is 0 Å². The normalized spacial score (nSPS) is 32.0. The van der Waals surface area contributed by atoms with Gasteiger partial charge in [0.25, 0.3) is 0 Å². The second kappa shape index (κ2) is 8.62. The van der Waals surface area contributed by atoms with Crippen LogP contribution in [0.3, 0.4) is 0 Å². The zero-order valence-electron chi connectivity index (χ0n) is 20.4. The SMILES string of the molecule is Cc1ccc(C23CC4CC(CC(C(=O)N5CCC(C(=O)Nc6ccc(Cl)cn6)CC5)(C4)C2)C3)cc1. The van der Waals surface area contributed by atoms with Crippen LogP contribution in [0.1, 0.15) is 62.5 Å². The van der Waals surface area contributed by atoms with Crippen molar-refractivity contribution in [2.75, 3.05) is 18.4 Å². The van der Waals surface area contributed by atoms with Gasteiger partial charge in [0, 0.05) is 25.2 Å². The summed E-state index contributed by atoms with van der Waals surface area (Å²) in [6.45, 7) is 3.48. The maximum absolute atomic E-state index is 14.1. The second-order valence-corrected chi connectivity index (χ2v) is 12.2. The first-order valence-corrected chi connectivity index (χ1v) is 13.5. The number of nitrogens with one attached hydrogen (secondary N) is 1. The van der Waals surface area contributed by atoms with Gasteiger partial charge in [-0.1, -0.05) is 41.4 Å². The maximum Gasteiger partial charge on any atom is 0.228 e. The Balaban J connectivity index is 1.14. The lowest BCUT2D eigenvalue weighted by molar-refractivity contribution is -0.162. The van der Waals surface area contributed by atoms with Crippen molar-refractivity contribution in [3.63, 3.8) is 0 Å². The van der Waals surface area contributed by atoms with Gasteiger partial charge < -0.3 is 10.2 Å². The molecule has 6 heteroatoms. The van der Waals surface area contributed by atoms with Gasteiger partial charge in [-0.25, -0.2) is 4.98 Å². The molecule has 2 heterocycles. The van der Waals surface area contributed by atoms with Crippen LogP contribution < -0.4 is 5.32 Å². The minimum Gasteiger partial charge on any atom is -0.342 e. The molecule has 184 valence electrons. The number of halogens is 1. The molecule has 1 saturated heterocycles. The van der Waals surface area contributed by atoms with Gasteiger partial charge in [-0.2, -0.15) is 0 Å². The molecule has 0 spiro atoms. The third-order valence-corrected chi connectivity index (χ3v) is 9.53. The molecule has 0 radical (unpaired) electrons. The van der Waals surface area contributed by atoms with E-state index in [0.29, 0.717) is 54.5 Å². The molecule has 2 aromatic rings. The summed E-state index contributed by atoms with van der Waals surface area (Å²) < 4.78 is 0. The highest BCUT2D eigenvalue weighted by Crippen LogP contribution is 2.66. The fraction of sp³-hybridized carbons (Fsp3) is 0.552. The summed E-state index contributed by atoms with van der Waals surface area (Å²) in [4.78, 5) is 33.1. The number of pyridine rings is 1. The van der Waals surface area contributed by atoms with E-state index in [0.717, 1.165) is 19.3 Å². The maximum atomic E-state index is 14.1. The molecule has 1 aromatic heterocycles. The molecule has 1 aromatic carbocycles. The first kappa shape index (κ1) is 23.0. The number of hydrogen-bond acceptors (Lipinski definition) is 3. The number of carbonyl (C=O) groups is 2. The van der Waals surface area contributed by atoms with E-state index in [-0.39, 0.29) is 22.7 Å². The fourth-order valence-corrected chi connectivity index (χ4v) is 8.23. The van der Waals surface area contributed by atoms with Gasteiger partial charge in [-0.05, 0) is 93.2 Å². The van der Waals surface area contributed by atoms with E-state index in [1.807, 2.05) is 0 Å². The Morgan fingerprint density at radius 2 is 1.69 bits per heavy atom. The van der Waals surface area contributed by atoms with E-state index >= 15 is 0 Å². The van der Waals surface area contributed by atoms with E-state index in [1.165, 1.54) is 36.6 Å². The molecule has 7 rings (SSSR count). The first-order chi connectivity index (χ1) is 16.8. The van der Waals surface area contributed by atoms with E-state index < -0.39 is 0 Å². The van der Waals surface area contributed by atoms with Crippen LogP contribution in [0.15, 0.2) is 42.6 Å². The van der Waals surface area contributed by atoms with Crippen LogP contribution in [-0.2, 0) is 15.0 Å². The van der Waals surface area contributed by atoms with Gasteiger partial charge in [0.2, 0.25) is 11.8 Å². The minimum absolute atomic E-state index is 0.0138. The summed E-state index contributed by atoms with van der Waals surface area (Å²) in [5.41, 5.74) is 2.69. The smallest absolute Gasteiger partial charge is 0.228 e. The molecule has 2 unspecified atom stereocenters. The van der Waals surface area contributed by atoms with Gasteiger partial charge in [0.05, 0.1) is 10.4 Å². The highest BCUT2D eigenvalue weighted by molar-refractivity contribution is 6.30. The molecule has 4 saturated carbocycles. The summed E-state index contributed by atoms with van der Waals surface area (Å²) >= 11 is 5.89. The molecule has 35 heavy (non-hydrogen) atoms. The number of carbonyl (C=O) groups excluding carboxylic acids is 2. The molecule has 5 fully saturated rings. The summed E-state index contributed by atoms with van der Waals surface area (Å²) in [6, 6.07) is 12.5. The van der Waals surface area contributed by atoms with E-state index in [4.69, 9.17) is 11.6 Å². The Labute approximate surface area is 212 Å². The average Bonchev–Trinajstić information content (AvgIpc) is 2.84. The van der Waals surface area contributed by atoms with Crippen LogP contribution in [0.5, 0.6) is 0 Å². The summed E-state index contributed by atoms with van der Waals surface area (Å²) in [6.07, 6.45) is 9.82. The highest BCUT2D eigenvalue weighted by Gasteiger charge is 2.61. The number of hydrogen-bond donors (Lipinski definition) is 1. The molecule has 4 bridgehead atoms. The molecule has 4 aliphatic carbocycles. The van der Waals surface area contributed by atoms with E-state index in [1.54, 1.807) is 12.1 Å². The van der Waals surface area contributed by atoms with Crippen molar-refractivity contribution in [2.24, 2.45) is 23.2 Å². The van der Waals surface area contributed by atoms with Crippen molar-refractivity contribution < 1.29 is 9.59 Å². The number of benzene rings is 1. The summed E-state index contributed by atoms with van der Waals surface area (Å²) in [7, 11) is 0. The number of likely N-dealkylation sites (tertiary alicyclic amines) is 1. The topological polar surface area (TPSA) is 62.3 Å². The van der Waals surface area contributed by atoms with Crippen LogP contribution in [0, 0.1) is 30.1 Å². The van der Waals surface area contributed by atoms with Crippen molar-refractivity contribution in [1.29, 1.82) is 0 Å². The Kier molecular flexibility index (Phi) is 5.67. The second-order valence-electron chi connectivity index (χ2n) is 11.8. The molecule has 5 nitrogen and oxygen atoms in total. The van der Waals surface area contributed by atoms with Gasteiger partial charge in [0.1, 0.15) is 5.82 Å². The Morgan fingerprint density at radius 1 is 1.00 bits per heavy atom. The number of aryl methyl sites for hydroxylation is 1. The fourth-order valence-electron chi connectivity index (χ4n) is 8.12. The van der Waals surface area contributed by atoms with Crippen LogP contribution in [-0.4, -0.2) is 34.8 Å². The number of rotatable bonds is 4.